The quantitative estimate of drug-likeness (QED) is 0.613. The second kappa shape index (κ2) is 6.50. The highest BCUT2D eigenvalue weighted by Gasteiger charge is 2.26. The summed E-state index contributed by atoms with van der Waals surface area (Å²) in [6.07, 6.45) is 5.31. The number of benzene rings is 1. The fourth-order valence-corrected chi connectivity index (χ4v) is 2.67. The lowest BCUT2D eigenvalue weighted by molar-refractivity contribution is 0.0522. The SMILES string of the molecule is CCOC(=O)c1ccccc1C(=O)C1CCCCC1. The third-order valence-electron chi connectivity index (χ3n) is 3.66. The summed E-state index contributed by atoms with van der Waals surface area (Å²) in [6.45, 7) is 2.09. The van der Waals surface area contributed by atoms with Crippen LogP contribution in [0, 0.1) is 5.92 Å². The van der Waals surface area contributed by atoms with Crippen LogP contribution in [0.1, 0.15) is 59.7 Å². The van der Waals surface area contributed by atoms with Gasteiger partial charge in [-0.25, -0.2) is 4.79 Å². The molecule has 1 aromatic rings. The third-order valence-corrected chi connectivity index (χ3v) is 3.66. The average molecular weight is 260 g/mol. The van der Waals surface area contributed by atoms with Gasteiger partial charge in [0.15, 0.2) is 5.78 Å². The predicted molar refractivity (Wildman–Crippen MR) is 73.3 cm³/mol. The lowest BCUT2D eigenvalue weighted by atomic mass is 9.83. The molecule has 3 nitrogen and oxygen atoms in total. The van der Waals surface area contributed by atoms with Gasteiger partial charge in [0.1, 0.15) is 0 Å². The van der Waals surface area contributed by atoms with Gasteiger partial charge in [-0.3, -0.25) is 4.79 Å². The van der Waals surface area contributed by atoms with E-state index in [-0.39, 0.29) is 11.7 Å². The van der Waals surface area contributed by atoms with Crippen LogP contribution in [0.25, 0.3) is 0 Å². The molecule has 0 N–H and O–H groups in total. The van der Waals surface area contributed by atoms with E-state index in [4.69, 9.17) is 4.74 Å². The number of carbonyl (C=O) groups is 2. The number of ether oxygens (including phenoxy) is 1. The van der Waals surface area contributed by atoms with Crippen LogP contribution in [-0.2, 0) is 4.74 Å². The molecule has 0 heterocycles. The summed E-state index contributed by atoms with van der Waals surface area (Å²) in [6, 6.07) is 6.99. The lowest BCUT2D eigenvalue weighted by Crippen LogP contribution is -2.21. The Kier molecular flexibility index (Phi) is 4.72. The van der Waals surface area contributed by atoms with Gasteiger partial charge in [0, 0.05) is 11.5 Å². The van der Waals surface area contributed by atoms with Crippen LogP contribution in [0.3, 0.4) is 0 Å². The van der Waals surface area contributed by atoms with Gasteiger partial charge in [0.25, 0.3) is 0 Å². The van der Waals surface area contributed by atoms with Crippen LogP contribution in [0.2, 0.25) is 0 Å². The van der Waals surface area contributed by atoms with Gasteiger partial charge in [-0.15, -0.1) is 0 Å². The van der Waals surface area contributed by atoms with Crippen molar-refractivity contribution in [2.75, 3.05) is 6.61 Å². The lowest BCUT2D eigenvalue weighted by Gasteiger charge is -2.21. The van der Waals surface area contributed by atoms with Crippen molar-refractivity contribution >= 4 is 11.8 Å². The third kappa shape index (κ3) is 3.22. The molecule has 0 atom stereocenters. The number of esters is 1. The monoisotopic (exact) mass is 260 g/mol. The maximum Gasteiger partial charge on any atom is 0.338 e. The molecule has 2 rings (SSSR count). The van der Waals surface area contributed by atoms with Gasteiger partial charge in [-0.2, -0.15) is 0 Å². The molecule has 19 heavy (non-hydrogen) atoms. The molecule has 0 unspecified atom stereocenters. The van der Waals surface area contributed by atoms with E-state index in [0.29, 0.717) is 17.7 Å². The minimum absolute atomic E-state index is 0.0735. The van der Waals surface area contributed by atoms with Crippen molar-refractivity contribution in [3.8, 4) is 0 Å². The van der Waals surface area contributed by atoms with Crippen molar-refractivity contribution in [1.29, 1.82) is 0 Å². The maximum atomic E-state index is 12.5. The van der Waals surface area contributed by atoms with Crippen molar-refractivity contribution in [2.24, 2.45) is 5.92 Å². The first-order chi connectivity index (χ1) is 9.24. The van der Waals surface area contributed by atoms with Gasteiger partial charge in [-0.1, -0.05) is 37.5 Å². The van der Waals surface area contributed by atoms with Crippen LogP contribution in [-0.4, -0.2) is 18.4 Å². The van der Waals surface area contributed by atoms with Crippen molar-refractivity contribution in [1.82, 2.24) is 0 Å². The number of Topliss-reactive ketones (excluding diaryl/α,β-unsaturated/α-hetero) is 1. The normalized spacial score (nSPS) is 16.1. The summed E-state index contributed by atoms with van der Waals surface area (Å²) < 4.78 is 5.01. The van der Waals surface area contributed by atoms with Crippen LogP contribution in [0.5, 0.6) is 0 Å². The number of rotatable bonds is 4. The van der Waals surface area contributed by atoms with Gasteiger partial charge in [0.2, 0.25) is 0 Å². The van der Waals surface area contributed by atoms with E-state index >= 15 is 0 Å². The summed E-state index contributed by atoms with van der Waals surface area (Å²) in [7, 11) is 0. The summed E-state index contributed by atoms with van der Waals surface area (Å²) >= 11 is 0. The second-order valence-electron chi connectivity index (χ2n) is 4.97. The summed E-state index contributed by atoms with van der Waals surface area (Å²) in [4.78, 5) is 24.4. The zero-order valence-corrected chi connectivity index (χ0v) is 11.4. The zero-order chi connectivity index (χ0) is 13.7. The van der Waals surface area contributed by atoms with Crippen LogP contribution in [0.15, 0.2) is 24.3 Å². The van der Waals surface area contributed by atoms with Crippen molar-refractivity contribution < 1.29 is 14.3 Å². The highest BCUT2D eigenvalue weighted by Crippen LogP contribution is 2.28. The Morgan fingerprint density at radius 3 is 2.37 bits per heavy atom. The molecule has 0 spiro atoms. The molecular weight excluding hydrogens is 240 g/mol. The Balaban J connectivity index is 2.23. The van der Waals surface area contributed by atoms with Crippen molar-refractivity contribution in [3.05, 3.63) is 35.4 Å². The Morgan fingerprint density at radius 2 is 1.74 bits per heavy atom. The van der Waals surface area contributed by atoms with E-state index in [1.54, 1.807) is 31.2 Å². The Bertz CT molecular complexity index is 459. The highest BCUT2D eigenvalue weighted by atomic mass is 16.5. The fraction of sp³-hybridized carbons (Fsp3) is 0.500. The van der Waals surface area contributed by atoms with E-state index in [1.807, 2.05) is 0 Å². The second-order valence-corrected chi connectivity index (χ2v) is 4.97. The first-order valence-electron chi connectivity index (χ1n) is 7.04. The Morgan fingerprint density at radius 1 is 1.11 bits per heavy atom. The average Bonchev–Trinajstić information content (AvgIpc) is 2.47. The molecule has 1 saturated carbocycles. The van der Waals surface area contributed by atoms with E-state index in [1.165, 1.54) is 6.42 Å². The zero-order valence-electron chi connectivity index (χ0n) is 11.4. The standard InChI is InChI=1S/C16H20O3/c1-2-19-16(18)14-11-7-6-10-13(14)15(17)12-8-4-3-5-9-12/h6-7,10-12H,2-5,8-9H2,1H3. The molecule has 0 amide bonds. The van der Waals surface area contributed by atoms with Crippen molar-refractivity contribution in [2.45, 2.75) is 39.0 Å². The molecule has 0 saturated heterocycles. The molecule has 102 valence electrons. The molecule has 0 radical (unpaired) electrons. The summed E-state index contributed by atoms with van der Waals surface area (Å²) in [5.74, 6) is -0.227. The van der Waals surface area contributed by atoms with E-state index in [9.17, 15) is 9.59 Å². The molecule has 0 bridgehead atoms. The first kappa shape index (κ1) is 13.8. The molecule has 1 fully saturated rings. The highest BCUT2D eigenvalue weighted by molar-refractivity contribution is 6.07. The van der Waals surface area contributed by atoms with Crippen LogP contribution < -0.4 is 0 Å². The first-order valence-corrected chi connectivity index (χ1v) is 7.04. The summed E-state index contributed by atoms with van der Waals surface area (Å²) in [5, 5.41) is 0. The number of ketones is 1. The van der Waals surface area contributed by atoms with Gasteiger partial charge in [-0.05, 0) is 25.8 Å². The molecular formula is C16H20O3. The number of hydrogen-bond acceptors (Lipinski definition) is 3. The van der Waals surface area contributed by atoms with E-state index in [2.05, 4.69) is 0 Å². The smallest absolute Gasteiger partial charge is 0.338 e. The van der Waals surface area contributed by atoms with Crippen molar-refractivity contribution in [3.63, 3.8) is 0 Å². The van der Waals surface area contributed by atoms with Crippen LogP contribution in [0.4, 0.5) is 0 Å². The van der Waals surface area contributed by atoms with Gasteiger partial charge in [0.05, 0.1) is 12.2 Å². The minimum atomic E-state index is -0.401. The van der Waals surface area contributed by atoms with E-state index < -0.39 is 5.97 Å². The fourth-order valence-electron chi connectivity index (χ4n) is 2.67. The van der Waals surface area contributed by atoms with Crippen LogP contribution >= 0.6 is 0 Å². The Hall–Kier alpha value is -1.64. The molecule has 1 aromatic carbocycles. The largest absolute Gasteiger partial charge is 0.462 e. The minimum Gasteiger partial charge on any atom is -0.462 e. The Labute approximate surface area is 114 Å². The predicted octanol–water partition coefficient (Wildman–Crippen LogP) is 3.63. The molecule has 1 aliphatic carbocycles. The maximum absolute atomic E-state index is 12.5. The molecule has 1 aliphatic rings. The van der Waals surface area contributed by atoms with Gasteiger partial charge >= 0.3 is 5.97 Å². The number of carbonyl (C=O) groups excluding carboxylic acids is 2. The summed E-state index contributed by atoms with van der Waals surface area (Å²) in [5.41, 5.74) is 0.924. The molecule has 0 aliphatic heterocycles. The van der Waals surface area contributed by atoms with E-state index in [0.717, 1.165) is 25.7 Å². The topological polar surface area (TPSA) is 43.4 Å². The number of hydrogen-bond donors (Lipinski definition) is 0. The molecule has 3 heteroatoms. The van der Waals surface area contributed by atoms with Gasteiger partial charge < -0.3 is 4.74 Å². The molecule has 0 aromatic heterocycles.